The van der Waals surface area contributed by atoms with Crippen molar-refractivity contribution in [1.29, 1.82) is 0 Å². The number of nitrogen functional groups attached to an aromatic ring is 1. The van der Waals surface area contributed by atoms with Crippen molar-refractivity contribution < 1.29 is 5.11 Å². The summed E-state index contributed by atoms with van der Waals surface area (Å²) in [6.07, 6.45) is 0.865. The molecule has 4 nitrogen and oxygen atoms in total. The van der Waals surface area contributed by atoms with E-state index >= 15 is 0 Å². The first-order valence-electron chi connectivity index (χ1n) is 6.39. The zero-order valence-corrected chi connectivity index (χ0v) is 10.8. The Kier molecular flexibility index (Phi) is 3.23. The fourth-order valence-corrected chi connectivity index (χ4v) is 2.22. The molecule has 0 radical (unpaired) electrons. The first-order valence-corrected chi connectivity index (χ1v) is 6.39. The second-order valence-corrected chi connectivity index (χ2v) is 4.53. The molecule has 1 heterocycles. The van der Waals surface area contributed by atoms with Gasteiger partial charge in [-0.05, 0) is 24.3 Å². The van der Waals surface area contributed by atoms with E-state index in [-0.39, 0.29) is 0 Å². The first kappa shape index (κ1) is 12.4. The Balaban J connectivity index is 2.04. The highest BCUT2D eigenvalue weighted by Gasteiger charge is 2.18. The van der Waals surface area contributed by atoms with E-state index in [4.69, 9.17) is 5.73 Å². The lowest BCUT2D eigenvalue weighted by Gasteiger charge is -2.15. The van der Waals surface area contributed by atoms with Crippen LogP contribution in [0, 0.1) is 0 Å². The van der Waals surface area contributed by atoms with Crippen LogP contribution in [0.1, 0.15) is 17.4 Å². The number of rotatable bonds is 3. The van der Waals surface area contributed by atoms with Crippen LogP contribution in [-0.4, -0.2) is 14.9 Å². The van der Waals surface area contributed by atoms with Gasteiger partial charge in [-0.3, -0.25) is 0 Å². The Hall–Kier alpha value is -2.59. The molecular formula is C16H15N3O. The second-order valence-electron chi connectivity index (χ2n) is 4.53. The maximum Gasteiger partial charge on any atom is 0.123 e. The van der Waals surface area contributed by atoms with Gasteiger partial charge < -0.3 is 10.8 Å². The smallest absolute Gasteiger partial charge is 0.123 e. The Morgan fingerprint density at radius 3 is 2.40 bits per heavy atom. The summed E-state index contributed by atoms with van der Waals surface area (Å²) in [6, 6.07) is 18.8. The predicted molar refractivity (Wildman–Crippen MR) is 78.5 cm³/mol. The van der Waals surface area contributed by atoms with Crippen LogP contribution in [0.5, 0.6) is 0 Å². The molecule has 1 unspecified atom stereocenters. The Morgan fingerprint density at radius 1 is 0.950 bits per heavy atom. The molecule has 3 N–H and O–H groups in total. The summed E-state index contributed by atoms with van der Waals surface area (Å²) in [5, 5.41) is 14.8. The van der Waals surface area contributed by atoms with Gasteiger partial charge in [0.2, 0.25) is 0 Å². The van der Waals surface area contributed by atoms with E-state index in [0.29, 0.717) is 16.9 Å². The number of hydrogen-bond acceptors (Lipinski definition) is 3. The van der Waals surface area contributed by atoms with Crippen molar-refractivity contribution in [3.8, 4) is 5.69 Å². The minimum Gasteiger partial charge on any atom is -0.398 e. The third-order valence-corrected chi connectivity index (χ3v) is 3.24. The van der Waals surface area contributed by atoms with Crippen molar-refractivity contribution in [2.45, 2.75) is 6.10 Å². The molecular weight excluding hydrogens is 250 g/mol. The largest absolute Gasteiger partial charge is 0.398 e. The molecule has 1 atom stereocenters. The molecule has 4 heteroatoms. The van der Waals surface area contributed by atoms with E-state index in [1.807, 2.05) is 48.5 Å². The fraction of sp³-hybridized carbons (Fsp3) is 0.0625. The Morgan fingerprint density at radius 2 is 1.65 bits per heavy atom. The van der Waals surface area contributed by atoms with Gasteiger partial charge in [-0.25, -0.2) is 4.68 Å². The Bertz CT molecular complexity index is 707. The van der Waals surface area contributed by atoms with Crippen molar-refractivity contribution in [1.82, 2.24) is 9.78 Å². The van der Waals surface area contributed by atoms with Gasteiger partial charge in [0.05, 0.1) is 11.4 Å². The topological polar surface area (TPSA) is 64.1 Å². The summed E-state index contributed by atoms with van der Waals surface area (Å²) in [7, 11) is 0. The molecule has 0 aliphatic heterocycles. The van der Waals surface area contributed by atoms with E-state index in [9.17, 15) is 5.11 Å². The van der Waals surface area contributed by atoms with E-state index in [2.05, 4.69) is 5.10 Å². The number of hydrogen-bond donors (Lipinski definition) is 2. The van der Waals surface area contributed by atoms with Crippen LogP contribution in [0.4, 0.5) is 5.69 Å². The number of para-hydroxylation sites is 2. The van der Waals surface area contributed by atoms with Crippen molar-refractivity contribution in [3.63, 3.8) is 0 Å². The molecule has 0 aliphatic carbocycles. The maximum atomic E-state index is 10.6. The number of anilines is 1. The van der Waals surface area contributed by atoms with Crippen molar-refractivity contribution in [2.75, 3.05) is 5.73 Å². The lowest BCUT2D eigenvalue weighted by Crippen LogP contribution is -2.10. The Labute approximate surface area is 117 Å². The van der Waals surface area contributed by atoms with Gasteiger partial charge >= 0.3 is 0 Å². The normalized spacial score (nSPS) is 12.2. The number of benzene rings is 2. The molecule has 100 valence electrons. The molecule has 0 saturated carbocycles. The van der Waals surface area contributed by atoms with Crippen LogP contribution >= 0.6 is 0 Å². The predicted octanol–water partition coefficient (Wildman–Crippen LogP) is 2.54. The van der Waals surface area contributed by atoms with E-state index in [0.717, 1.165) is 5.69 Å². The van der Waals surface area contributed by atoms with Crippen molar-refractivity contribution in [2.24, 2.45) is 0 Å². The standard InChI is InChI=1S/C16H15N3O/c17-14-9-5-4-8-13(14)16(20)15-10-11-18-19(15)12-6-2-1-3-7-12/h1-11,16,20H,17H2. The average Bonchev–Trinajstić information content (AvgIpc) is 2.97. The van der Waals surface area contributed by atoms with Crippen LogP contribution in [-0.2, 0) is 0 Å². The van der Waals surface area contributed by atoms with Crippen molar-refractivity contribution >= 4 is 5.69 Å². The van der Waals surface area contributed by atoms with Gasteiger partial charge in [0, 0.05) is 17.4 Å². The summed E-state index contributed by atoms with van der Waals surface area (Å²) in [4.78, 5) is 0. The minimum atomic E-state index is -0.807. The molecule has 0 fully saturated rings. The number of aliphatic hydroxyl groups excluding tert-OH is 1. The summed E-state index contributed by atoms with van der Waals surface area (Å²) in [6.45, 7) is 0. The highest BCUT2D eigenvalue weighted by atomic mass is 16.3. The zero-order chi connectivity index (χ0) is 13.9. The number of nitrogens with zero attached hydrogens (tertiary/aromatic N) is 2. The molecule has 0 bridgehead atoms. The van der Waals surface area contributed by atoms with E-state index in [1.165, 1.54) is 0 Å². The fourth-order valence-electron chi connectivity index (χ4n) is 2.22. The minimum absolute atomic E-state index is 0.570. The molecule has 3 rings (SSSR count). The third-order valence-electron chi connectivity index (χ3n) is 3.24. The quantitative estimate of drug-likeness (QED) is 0.715. The molecule has 2 aromatic carbocycles. The van der Waals surface area contributed by atoms with E-state index < -0.39 is 6.10 Å². The first-order chi connectivity index (χ1) is 9.77. The SMILES string of the molecule is Nc1ccccc1C(O)c1ccnn1-c1ccccc1. The molecule has 0 spiro atoms. The van der Waals surface area contributed by atoms with Crippen LogP contribution in [0.15, 0.2) is 66.9 Å². The van der Waals surface area contributed by atoms with E-state index in [1.54, 1.807) is 23.0 Å². The van der Waals surface area contributed by atoms with Crippen LogP contribution in [0.3, 0.4) is 0 Å². The molecule has 0 amide bonds. The monoisotopic (exact) mass is 265 g/mol. The average molecular weight is 265 g/mol. The molecule has 0 saturated heterocycles. The van der Waals surface area contributed by atoms with Crippen LogP contribution < -0.4 is 5.73 Å². The summed E-state index contributed by atoms with van der Waals surface area (Å²) in [5.74, 6) is 0. The van der Waals surface area contributed by atoms with Gasteiger partial charge in [-0.2, -0.15) is 5.10 Å². The van der Waals surface area contributed by atoms with Gasteiger partial charge in [0.25, 0.3) is 0 Å². The number of aliphatic hydroxyl groups is 1. The summed E-state index contributed by atoms with van der Waals surface area (Å²) in [5.41, 5.74) is 8.77. The summed E-state index contributed by atoms with van der Waals surface area (Å²) < 4.78 is 1.72. The number of nitrogens with two attached hydrogens (primary N) is 1. The van der Waals surface area contributed by atoms with Gasteiger partial charge in [0.15, 0.2) is 0 Å². The van der Waals surface area contributed by atoms with Gasteiger partial charge in [0.1, 0.15) is 6.10 Å². The zero-order valence-electron chi connectivity index (χ0n) is 10.8. The molecule has 1 aromatic heterocycles. The van der Waals surface area contributed by atoms with Crippen LogP contribution in [0.2, 0.25) is 0 Å². The summed E-state index contributed by atoms with van der Waals surface area (Å²) >= 11 is 0. The lowest BCUT2D eigenvalue weighted by atomic mass is 10.0. The number of aromatic nitrogens is 2. The highest BCUT2D eigenvalue weighted by molar-refractivity contribution is 5.50. The molecule has 0 aliphatic rings. The molecule has 20 heavy (non-hydrogen) atoms. The molecule has 3 aromatic rings. The second kappa shape index (κ2) is 5.19. The van der Waals surface area contributed by atoms with Crippen LogP contribution in [0.25, 0.3) is 5.69 Å². The lowest BCUT2D eigenvalue weighted by molar-refractivity contribution is 0.212. The maximum absolute atomic E-state index is 10.6. The van der Waals surface area contributed by atoms with Gasteiger partial charge in [-0.15, -0.1) is 0 Å². The highest BCUT2D eigenvalue weighted by Crippen LogP contribution is 2.27. The third kappa shape index (κ3) is 2.17. The van der Waals surface area contributed by atoms with Crippen molar-refractivity contribution in [3.05, 3.63) is 78.1 Å². The van der Waals surface area contributed by atoms with Gasteiger partial charge in [-0.1, -0.05) is 36.4 Å².